The largest absolute Gasteiger partial charge is 0.0694 e. The zero-order valence-corrected chi connectivity index (χ0v) is 9.85. The van der Waals surface area contributed by atoms with Crippen LogP contribution in [0.25, 0.3) is 0 Å². The molecule has 0 N–H and O–H groups in total. The Balaban J connectivity index is 2.42. The summed E-state index contributed by atoms with van der Waals surface area (Å²) in [5, 5.41) is 0. The first-order chi connectivity index (χ1) is 6.07. The molecule has 0 radical (unpaired) electrons. The summed E-state index contributed by atoms with van der Waals surface area (Å²) < 4.78 is 0. The van der Waals surface area contributed by atoms with Crippen molar-refractivity contribution in [1.29, 1.82) is 0 Å². The van der Waals surface area contributed by atoms with Gasteiger partial charge in [-0.25, -0.2) is 0 Å². The summed E-state index contributed by atoms with van der Waals surface area (Å²) in [6, 6.07) is 0. The van der Waals surface area contributed by atoms with Gasteiger partial charge in [0.2, 0.25) is 0 Å². The minimum atomic E-state index is 0.835. The first-order valence-corrected chi connectivity index (χ1v) is 5.76. The van der Waals surface area contributed by atoms with E-state index in [4.69, 9.17) is 0 Å². The van der Waals surface area contributed by atoms with Crippen LogP contribution in [0.1, 0.15) is 53.9 Å². The van der Waals surface area contributed by atoms with Crippen molar-refractivity contribution in [1.82, 2.24) is 0 Å². The third-order valence-corrected chi connectivity index (χ3v) is 3.86. The molecule has 0 aromatic carbocycles. The molecule has 0 saturated carbocycles. The van der Waals surface area contributed by atoms with E-state index in [2.05, 4.69) is 34.6 Å². The Morgan fingerprint density at radius 2 is 1.77 bits per heavy atom. The normalized spacial score (nSPS) is 22.8. The fourth-order valence-corrected chi connectivity index (χ4v) is 2.32. The molecule has 0 aromatic rings. The van der Waals surface area contributed by atoms with Crippen molar-refractivity contribution >= 4 is 0 Å². The zero-order chi connectivity index (χ0) is 10.0. The molecule has 0 nitrogen and oxygen atoms in total. The topological polar surface area (TPSA) is 0 Å². The van der Waals surface area contributed by atoms with Crippen molar-refractivity contribution in [2.75, 3.05) is 0 Å². The van der Waals surface area contributed by atoms with Crippen molar-refractivity contribution < 1.29 is 0 Å². The summed E-state index contributed by atoms with van der Waals surface area (Å²) in [4.78, 5) is 0. The van der Waals surface area contributed by atoms with E-state index in [0.29, 0.717) is 0 Å². The van der Waals surface area contributed by atoms with Gasteiger partial charge in [-0.1, -0.05) is 51.7 Å². The smallest absolute Gasteiger partial charge is 0.0103 e. The Hall–Kier alpha value is -0.260. The molecule has 1 aliphatic carbocycles. The number of hydrogen-bond donors (Lipinski definition) is 0. The molecule has 76 valence electrons. The lowest BCUT2D eigenvalue weighted by Gasteiger charge is -2.24. The Bertz CT molecular complexity index is 200. The van der Waals surface area contributed by atoms with Crippen LogP contribution in [-0.4, -0.2) is 0 Å². The van der Waals surface area contributed by atoms with Gasteiger partial charge in [0.1, 0.15) is 0 Å². The maximum absolute atomic E-state index is 2.42. The minimum absolute atomic E-state index is 0.835. The maximum Gasteiger partial charge on any atom is -0.0103 e. The number of hydrogen-bond acceptors (Lipinski definition) is 0. The van der Waals surface area contributed by atoms with Crippen LogP contribution in [0.5, 0.6) is 0 Å². The standard InChI is InChI=1S/C13H24/c1-6-7-9(2)11(4)12(5)13-8-10(13)3/h9,11-12H,6-8H2,1-5H3. The van der Waals surface area contributed by atoms with Crippen molar-refractivity contribution in [2.45, 2.75) is 53.9 Å². The molecule has 0 fully saturated rings. The fraction of sp³-hybridized carbons (Fsp3) is 0.846. The van der Waals surface area contributed by atoms with Crippen LogP contribution in [0.2, 0.25) is 0 Å². The third kappa shape index (κ3) is 2.59. The van der Waals surface area contributed by atoms with Crippen LogP contribution < -0.4 is 0 Å². The van der Waals surface area contributed by atoms with Crippen LogP contribution in [-0.2, 0) is 0 Å². The van der Waals surface area contributed by atoms with E-state index in [1.165, 1.54) is 19.3 Å². The first kappa shape index (κ1) is 10.8. The van der Waals surface area contributed by atoms with E-state index >= 15 is 0 Å². The van der Waals surface area contributed by atoms with Gasteiger partial charge in [-0.2, -0.15) is 0 Å². The van der Waals surface area contributed by atoms with Gasteiger partial charge in [-0.05, 0) is 31.1 Å². The highest BCUT2D eigenvalue weighted by Gasteiger charge is 2.28. The molecule has 1 rings (SSSR count). The van der Waals surface area contributed by atoms with Gasteiger partial charge < -0.3 is 0 Å². The second kappa shape index (κ2) is 4.30. The summed E-state index contributed by atoms with van der Waals surface area (Å²) >= 11 is 0. The molecule has 0 aromatic heterocycles. The molecule has 0 spiro atoms. The minimum Gasteiger partial charge on any atom is -0.0694 e. The first-order valence-electron chi connectivity index (χ1n) is 5.76. The van der Waals surface area contributed by atoms with Gasteiger partial charge in [0.05, 0.1) is 0 Å². The van der Waals surface area contributed by atoms with Gasteiger partial charge >= 0.3 is 0 Å². The van der Waals surface area contributed by atoms with Crippen LogP contribution in [0.4, 0.5) is 0 Å². The summed E-state index contributed by atoms with van der Waals surface area (Å²) in [5.41, 5.74) is 3.40. The predicted octanol–water partition coefficient (Wildman–Crippen LogP) is 4.42. The van der Waals surface area contributed by atoms with Crippen molar-refractivity contribution in [2.24, 2.45) is 17.8 Å². The summed E-state index contributed by atoms with van der Waals surface area (Å²) in [6.07, 6.45) is 4.04. The lowest BCUT2D eigenvalue weighted by Crippen LogP contribution is -2.15. The molecule has 0 bridgehead atoms. The number of allylic oxidation sites excluding steroid dienone is 2. The van der Waals surface area contributed by atoms with Crippen LogP contribution in [0.15, 0.2) is 11.1 Å². The van der Waals surface area contributed by atoms with E-state index in [1.54, 1.807) is 11.1 Å². The summed E-state index contributed by atoms with van der Waals surface area (Å²) in [6.45, 7) is 11.8. The molecular weight excluding hydrogens is 156 g/mol. The van der Waals surface area contributed by atoms with Crippen LogP contribution >= 0.6 is 0 Å². The molecule has 3 unspecified atom stereocenters. The summed E-state index contributed by atoms with van der Waals surface area (Å²) in [7, 11) is 0. The molecule has 0 aliphatic heterocycles. The lowest BCUT2D eigenvalue weighted by atomic mass is 9.81. The van der Waals surface area contributed by atoms with Gasteiger partial charge in [0.25, 0.3) is 0 Å². The van der Waals surface area contributed by atoms with E-state index in [-0.39, 0.29) is 0 Å². The average molecular weight is 180 g/mol. The molecule has 3 atom stereocenters. The Morgan fingerprint density at radius 3 is 2.15 bits per heavy atom. The highest BCUT2D eigenvalue weighted by Crippen LogP contribution is 2.42. The average Bonchev–Trinajstić information content (AvgIpc) is 2.80. The molecule has 0 heterocycles. The van der Waals surface area contributed by atoms with E-state index in [1.807, 2.05) is 0 Å². The fourth-order valence-electron chi connectivity index (χ4n) is 2.32. The van der Waals surface area contributed by atoms with E-state index in [9.17, 15) is 0 Å². The highest BCUT2D eigenvalue weighted by molar-refractivity contribution is 5.35. The molecule has 0 heteroatoms. The molecular formula is C13H24. The third-order valence-electron chi connectivity index (χ3n) is 3.86. The van der Waals surface area contributed by atoms with E-state index < -0.39 is 0 Å². The SMILES string of the molecule is CCCC(C)C(C)C(C)C1=C(C)C1. The lowest BCUT2D eigenvalue weighted by molar-refractivity contribution is 0.295. The molecule has 13 heavy (non-hydrogen) atoms. The monoisotopic (exact) mass is 180 g/mol. The van der Waals surface area contributed by atoms with Gasteiger partial charge in [-0.15, -0.1) is 0 Å². The molecule has 1 aliphatic rings. The second-order valence-electron chi connectivity index (χ2n) is 4.90. The van der Waals surface area contributed by atoms with Crippen molar-refractivity contribution in [3.63, 3.8) is 0 Å². The summed E-state index contributed by atoms with van der Waals surface area (Å²) in [5.74, 6) is 2.59. The predicted molar refractivity (Wildman–Crippen MR) is 59.7 cm³/mol. The Morgan fingerprint density at radius 1 is 1.23 bits per heavy atom. The van der Waals surface area contributed by atoms with E-state index in [0.717, 1.165) is 17.8 Å². The Kier molecular flexibility index (Phi) is 3.58. The van der Waals surface area contributed by atoms with Crippen LogP contribution in [0.3, 0.4) is 0 Å². The molecule has 0 amide bonds. The maximum atomic E-state index is 2.42. The molecule has 0 saturated heterocycles. The highest BCUT2D eigenvalue weighted by atomic mass is 14.3. The van der Waals surface area contributed by atoms with Crippen molar-refractivity contribution in [3.8, 4) is 0 Å². The number of rotatable bonds is 5. The Labute approximate surface area is 83.4 Å². The van der Waals surface area contributed by atoms with Gasteiger partial charge in [0, 0.05) is 0 Å². The quantitative estimate of drug-likeness (QED) is 0.550. The van der Waals surface area contributed by atoms with Crippen LogP contribution in [0, 0.1) is 17.8 Å². The van der Waals surface area contributed by atoms with Crippen molar-refractivity contribution in [3.05, 3.63) is 11.1 Å². The second-order valence-corrected chi connectivity index (χ2v) is 4.90. The zero-order valence-electron chi connectivity index (χ0n) is 9.85. The van der Waals surface area contributed by atoms with Gasteiger partial charge in [0.15, 0.2) is 0 Å². The van der Waals surface area contributed by atoms with Gasteiger partial charge in [-0.3, -0.25) is 0 Å².